The van der Waals surface area contributed by atoms with Crippen LogP contribution in [-0.4, -0.2) is 36.5 Å². The summed E-state index contributed by atoms with van der Waals surface area (Å²) in [6.07, 6.45) is 3.83. The quantitative estimate of drug-likeness (QED) is 0.853. The molecule has 23 heavy (non-hydrogen) atoms. The van der Waals surface area contributed by atoms with Gasteiger partial charge in [0.05, 0.1) is 0 Å². The van der Waals surface area contributed by atoms with Crippen molar-refractivity contribution in [2.24, 2.45) is 0 Å². The minimum absolute atomic E-state index is 0. The molecule has 1 amide bonds. The Balaban J connectivity index is 0.00000264. The van der Waals surface area contributed by atoms with E-state index in [1.54, 1.807) is 0 Å². The smallest absolute Gasteiger partial charge is 0.223 e. The molecule has 1 atom stereocenters. The Hall–Kier alpha value is -1.06. The molecule has 0 saturated carbocycles. The molecule has 1 fully saturated rings. The molecule has 1 heterocycles. The summed E-state index contributed by atoms with van der Waals surface area (Å²) in [6.45, 7) is 9.42. The van der Waals surface area contributed by atoms with E-state index in [0.29, 0.717) is 18.4 Å². The van der Waals surface area contributed by atoms with Gasteiger partial charge in [-0.1, -0.05) is 38.1 Å². The number of carbonyl (C=O) groups is 1. The lowest BCUT2D eigenvalue weighted by Gasteiger charge is -2.35. The number of benzene rings is 1. The van der Waals surface area contributed by atoms with Crippen molar-refractivity contribution >= 4 is 18.3 Å². The average molecular weight is 339 g/mol. The van der Waals surface area contributed by atoms with Gasteiger partial charge in [0.25, 0.3) is 0 Å². The number of rotatable bonds is 6. The molecule has 1 aromatic carbocycles. The molecule has 0 spiro atoms. The fourth-order valence-electron chi connectivity index (χ4n) is 3.50. The summed E-state index contributed by atoms with van der Waals surface area (Å²) in [5.74, 6) is 0.610. The van der Waals surface area contributed by atoms with Crippen LogP contribution in [0, 0.1) is 6.92 Å². The predicted molar refractivity (Wildman–Crippen MR) is 99.4 cm³/mol. The molecule has 1 aliphatic rings. The predicted octanol–water partition coefficient (Wildman–Crippen LogP) is 3.90. The van der Waals surface area contributed by atoms with Crippen LogP contribution in [0.3, 0.4) is 0 Å². The van der Waals surface area contributed by atoms with Crippen LogP contribution in [-0.2, 0) is 4.79 Å². The van der Waals surface area contributed by atoms with Gasteiger partial charge in [-0.3, -0.25) is 4.79 Å². The summed E-state index contributed by atoms with van der Waals surface area (Å²) >= 11 is 0. The van der Waals surface area contributed by atoms with E-state index in [1.165, 1.54) is 11.1 Å². The van der Waals surface area contributed by atoms with Gasteiger partial charge >= 0.3 is 0 Å². The molecule has 2 rings (SSSR count). The Labute approximate surface area is 147 Å². The lowest BCUT2D eigenvalue weighted by molar-refractivity contribution is -0.134. The fraction of sp³-hybridized carbons (Fsp3) is 0.632. The molecule has 130 valence electrons. The SMILES string of the molecule is CCCN(C(=O)CC(C)c1ccccc1C)C1CCNCC1.Cl. The van der Waals surface area contributed by atoms with Crippen molar-refractivity contribution < 1.29 is 4.79 Å². The molecule has 1 aliphatic heterocycles. The first-order chi connectivity index (χ1) is 10.6. The molecule has 4 heteroatoms. The number of aryl methyl sites for hydroxylation is 1. The summed E-state index contributed by atoms with van der Waals surface area (Å²) in [6, 6.07) is 8.85. The summed E-state index contributed by atoms with van der Waals surface area (Å²) in [4.78, 5) is 15.0. The van der Waals surface area contributed by atoms with Crippen molar-refractivity contribution in [2.45, 2.75) is 58.4 Å². The van der Waals surface area contributed by atoms with E-state index in [1.807, 2.05) is 0 Å². The second kappa shape index (κ2) is 9.94. The molecule has 0 bridgehead atoms. The summed E-state index contributed by atoms with van der Waals surface area (Å²) < 4.78 is 0. The number of amides is 1. The highest BCUT2D eigenvalue weighted by molar-refractivity contribution is 5.85. The molecule has 1 N–H and O–H groups in total. The van der Waals surface area contributed by atoms with Crippen molar-refractivity contribution in [3.05, 3.63) is 35.4 Å². The highest BCUT2D eigenvalue weighted by Crippen LogP contribution is 2.24. The van der Waals surface area contributed by atoms with Crippen LogP contribution in [0.5, 0.6) is 0 Å². The Kier molecular flexibility index (Phi) is 8.64. The summed E-state index contributed by atoms with van der Waals surface area (Å²) in [5, 5.41) is 3.39. The number of hydrogen-bond acceptors (Lipinski definition) is 2. The third kappa shape index (κ3) is 5.50. The Bertz CT molecular complexity index is 486. The molecule has 0 radical (unpaired) electrons. The van der Waals surface area contributed by atoms with Gasteiger partial charge in [0.15, 0.2) is 0 Å². The number of nitrogens with zero attached hydrogens (tertiary/aromatic N) is 1. The Morgan fingerprint density at radius 2 is 1.96 bits per heavy atom. The van der Waals surface area contributed by atoms with Gasteiger partial charge in [-0.2, -0.15) is 0 Å². The average Bonchev–Trinajstić information content (AvgIpc) is 2.53. The van der Waals surface area contributed by atoms with Gasteiger partial charge < -0.3 is 10.2 Å². The number of hydrogen-bond donors (Lipinski definition) is 1. The standard InChI is InChI=1S/C19H30N2O.ClH/c1-4-13-21(17-9-11-20-12-10-17)19(22)14-16(3)18-8-6-5-7-15(18)2;/h5-8,16-17,20H,4,9-14H2,1-3H3;1H. The van der Waals surface area contributed by atoms with E-state index in [9.17, 15) is 4.79 Å². The van der Waals surface area contributed by atoms with Gasteiger partial charge in [-0.05, 0) is 56.3 Å². The lowest BCUT2D eigenvalue weighted by Crippen LogP contribution is -2.46. The lowest BCUT2D eigenvalue weighted by atomic mass is 9.92. The normalized spacial score (nSPS) is 16.5. The minimum atomic E-state index is 0. The van der Waals surface area contributed by atoms with Gasteiger partial charge in [0.1, 0.15) is 0 Å². The van der Waals surface area contributed by atoms with Gasteiger partial charge in [0, 0.05) is 19.0 Å². The van der Waals surface area contributed by atoms with Crippen molar-refractivity contribution in [1.29, 1.82) is 0 Å². The molecule has 3 nitrogen and oxygen atoms in total. The zero-order valence-electron chi connectivity index (χ0n) is 14.7. The zero-order valence-corrected chi connectivity index (χ0v) is 15.5. The van der Waals surface area contributed by atoms with E-state index in [4.69, 9.17) is 0 Å². The van der Waals surface area contributed by atoms with Gasteiger partial charge in [0.2, 0.25) is 5.91 Å². The third-order valence-corrected chi connectivity index (χ3v) is 4.73. The molecule has 1 saturated heterocycles. The Morgan fingerprint density at radius 1 is 1.30 bits per heavy atom. The van der Waals surface area contributed by atoms with Crippen LogP contribution in [0.2, 0.25) is 0 Å². The second-order valence-electron chi connectivity index (χ2n) is 6.53. The number of carbonyl (C=O) groups excluding carboxylic acids is 1. The van der Waals surface area contributed by atoms with Crippen LogP contribution < -0.4 is 5.32 Å². The largest absolute Gasteiger partial charge is 0.340 e. The molecule has 0 aliphatic carbocycles. The van der Waals surface area contributed by atoms with Crippen LogP contribution in [0.15, 0.2) is 24.3 Å². The minimum Gasteiger partial charge on any atom is -0.340 e. The summed E-state index contributed by atoms with van der Waals surface area (Å²) in [7, 11) is 0. The topological polar surface area (TPSA) is 32.3 Å². The van der Waals surface area contributed by atoms with E-state index < -0.39 is 0 Å². The summed E-state index contributed by atoms with van der Waals surface area (Å²) in [5.41, 5.74) is 2.59. The highest BCUT2D eigenvalue weighted by Gasteiger charge is 2.26. The monoisotopic (exact) mass is 338 g/mol. The molecule has 0 aromatic heterocycles. The molecular formula is C19H31ClN2O. The Morgan fingerprint density at radius 3 is 2.57 bits per heavy atom. The van der Waals surface area contributed by atoms with E-state index in [0.717, 1.165) is 38.9 Å². The molecule has 1 unspecified atom stereocenters. The van der Waals surface area contributed by atoms with Gasteiger partial charge in [-0.15, -0.1) is 12.4 Å². The molecule has 1 aromatic rings. The van der Waals surface area contributed by atoms with E-state index in [-0.39, 0.29) is 18.3 Å². The third-order valence-electron chi connectivity index (χ3n) is 4.73. The second-order valence-corrected chi connectivity index (χ2v) is 6.53. The first-order valence-electron chi connectivity index (χ1n) is 8.69. The maximum Gasteiger partial charge on any atom is 0.223 e. The van der Waals surface area contributed by atoms with E-state index >= 15 is 0 Å². The van der Waals surface area contributed by atoms with Crippen molar-refractivity contribution in [3.63, 3.8) is 0 Å². The molecular weight excluding hydrogens is 308 g/mol. The van der Waals surface area contributed by atoms with Crippen LogP contribution in [0.4, 0.5) is 0 Å². The van der Waals surface area contributed by atoms with Crippen molar-refractivity contribution in [2.75, 3.05) is 19.6 Å². The number of nitrogens with one attached hydrogen (secondary N) is 1. The van der Waals surface area contributed by atoms with Crippen LogP contribution >= 0.6 is 12.4 Å². The van der Waals surface area contributed by atoms with Crippen LogP contribution in [0.25, 0.3) is 0 Å². The highest BCUT2D eigenvalue weighted by atomic mass is 35.5. The maximum absolute atomic E-state index is 12.8. The zero-order chi connectivity index (χ0) is 15.9. The van der Waals surface area contributed by atoms with Crippen molar-refractivity contribution in [1.82, 2.24) is 10.2 Å². The van der Waals surface area contributed by atoms with Gasteiger partial charge in [-0.25, -0.2) is 0 Å². The number of piperidine rings is 1. The first kappa shape index (κ1) is 20.0. The maximum atomic E-state index is 12.8. The van der Waals surface area contributed by atoms with E-state index in [2.05, 4.69) is 55.3 Å². The van der Waals surface area contributed by atoms with Crippen LogP contribution in [0.1, 0.15) is 56.6 Å². The number of halogens is 1. The fourth-order valence-corrected chi connectivity index (χ4v) is 3.50. The first-order valence-corrected chi connectivity index (χ1v) is 8.69. The van der Waals surface area contributed by atoms with Crippen molar-refractivity contribution in [3.8, 4) is 0 Å².